The van der Waals surface area contributed by atoms with Crippen LogP contribution >= 0.6 is 15.9 Å². The van der Waals surface area contributed by atoms with Gasteiger partial charge in [-0.25, -0.2) is 9.37 Å². The van der Waals surface area contributed by atoms with Crippen molar-refractivity contribution in [3.05, 3.63) is 52.4 Å². The number of ether oxygens (including phenoxy) is 1. The van der Waals surface area contributed by atoms with Gasteiger partial charge < -0.3 is 10.1 Å². The molecule has 1 amide bonds. The van der Waals surface area contributed by atoms with Crippen LogP contribution in [0.25, 0.3) is 0 Å². The predicted molar refractivity (Wildman–Crippen MR) is 82.1 cm³/mol. The van der Waals surface area contributed by atoms with Crippen molar-refractivity contribution in [2.45, 2.75) is 20.0 Å². The first-order valence-electron chi connectivity index (χ1n) is 6.36. The molecule has 0 saturated carbocycles. The zero-order valence-electron chi connectivity index (χ0n) is 11.6. The van der Waals surface area contributed by atoms with Crippen LogP contribution in [-0.2, 0) is 0 Å². The number of nitrogens with zero attached hydrogens (tertiary/aromatic N) is 1. The van der Waals surface area contributed by atoms with E-state index >= 15 is 0 Å². The van der Waals surface area contributed by atoms with Crippen LogP contribution in [0, 0.1) is 5.82 Å². The highest BCUT2D eigenvalue weighted by molar-refractivity contribution is 9.10. The van der Waals surface area contributed by atoms with Gasteiger partial charge in [0.1, 0.15) is 11.5 Å². The number of hydrogen-bond acceptors (Lipinski definition) is 3. The van der Waals surface area contributed by atoms with Gasteiger partial charge in [0.25, 0.3) is 5.91 Å². The van der Waals surface area contributed by atoms with Gasteiger partial charge in [-0.2, -0.15) is 0 Å². The fourth-order valence-corrected chi connectivity index (χ4v) is 2.04. The third-order valence-corrected chi connectivity index (χ3v) is 3.18. The zero-order chi connectivity index (χ0) is 15.4. The monoisotopic (exact) mass is 352 g/mol. The maximum atomic E-state index is 13.9. The van der Waals surface area contributed by atoms with Crippen molar-refractivity contribution in [3.63, 3.8) is 0 Å². The Labute approximate surface area is 130 Å². The molecule has 0 aliphatic carbocycles. The van der Waals surface area contributed by atoms with Crippen molar-refractivity contribution in [1.29, 1.82) is 0 Å². The number of pyridine rings is 1. The number of carbonyl (C=O) groups is 1. The second kappa shape index (κ2) is 6.67. The van der Waals surface area contributed by atoms with E-state index in [1.165, 1.54) is 12.1 Å². The maximum absolute atomic E-state index is 13.9. The SMILES string of the molecule is CC(C)Oc1ncccc1NC(=O)c1cccc(Br)c1F. The fourth-order valence-electron chi connectivity index (χ4n) is 1.67. The van der Waals surface area contributed by atoms with Gasteiger partial charge in [-0.1, -0.05) is 6.07 Å². The smallest absolute Gasteiger partial charge is 0.258 e. The van der Waals surface area contributed by atoms with Crippen LogP contribution in [-0.4, -0.2) is 17.0 Å². The van der Waals surface area contributed by atoms with Crippen LogP contribution in [0.5, 0.6) is 5.88 Å². The molecule has 2 rings (SSSR count). The van der Waals surface area contributed by atoms with Gasteiger partial charge >= 0.3 is 0 Å². The van der Waals surface area contributed by atoms with Gasteiger partial charge in [0.05, 0.1) is 16.1 Å². The second-order valence-corrected chi connectivity index (χ2v) is 5.43. The van der Waals surface area contributed by atoms with Crippen molar-refractivity contribution in [2.24, 2.45) is 0 Å². The van der Waals surface area contributed by atoms with E-state index < -0.39 is 11.7 Å². The molecule has 1 aromatic heterocycles. The molecule has 0 unspecified atom stereocenters. The summed E-state index contributed by atoms with van der Waals surface area (Å²) in [5.41, 5.74) is 0.347. The molecule has 1 N–H and O–H groups in total. The normalized spacial score (nSPS) is 10.5. The Morgan fingerprint density at radius 3 is 2.81 bits per heavy atom. The lowest BCUT2D eigenvalue weighted by molar-refractivity contribution is 0.102. The van der Waals surface area contributed by atoms with E-state index in [4.69, 9.17) is 4.74 Å². The number of halogens is 2. The minimum Gasteiger partial charge on any atom is -0.473 e. The van der Waals surface area contributed by atoms with E-state index in [-0.39, 0.29) is 16.1 Å². The summed E-state index contributed by atoms with van der Waals surface area (Å²) in [6, 6.07) is 7.85. The van der Waals surface area contributed by atoms with Gasteiger partial charge in [0, 0.05) is 6.20 Å². The van der Waals surface area contributed by atoms with E-state index in [1.54, 1.807) is 24.4 Å². The van der Waals surface area contributed by atoms with Gasteiger partial charge in [0.15, 0.2) is 0 Å². The number of rotatable bonds is 4. The van der Waals surface area contributed by atoms with Crippen molar-refractivity contribution in [2.75, 3.05) is 5.32 Å². The van der Waals surface area contributed by atoms with Crippen molar-refractivity contribution in [3.8, 4) is 5.88 Å². The van der Waals surface area contributed by atoms with E-state index in [1.807, 2.05) is 13.8 Å². The van der Waals surface area contributed by atoms with Gasteiger partial charge in [0.2, 0.25) is 5.88 Å². The molecule has 21 heavy (non-hydrogen) atoms. The average molecular weight is 353 g/mol. The lowest BCUT2D eigenvalue weighted by Gasteiger charge is -2.13. The van der Waals surface area contributed by atoms with Crippen molar-refractivity contribution < 1.29 is 13.9 Å². The Bertz CT molecular complexity index is 662. The second-order valence-electron chi connectivity index (χ2n) is 4.58. The van der Waals surface area contributed by atoms with Gasteiger partial charge in [-0.3, -0.25) is 4.79 Å². The topological polar surface area (TPSA) is 51.2 Å². The molecule has 1 heterocycles. The third-order valence-electron chi connectivity index (χ3n) is 2.56. The summed E-state index contributed by atoms with van der Waals surface area (Å²) in [4.78, 5) is 16.2. The first-order chi connectivity index (χ1) is 9.99. The standard InChI is InChI=1S/C15H14BrFN2O2/c1-9(2)21-15-12(7-4-8-18-15)19-14(20)10-5-3-6-11(16)13(10)17/h3-9H,1-2H3,(H,19,20). The minimum absolute atomic E-state index is 0.0521. The molecule has 2 aromatic rings. The first-order valence-corrected chi connectivity index (χ1v) is 7.15. The highest BCUT2D eigenvalue weighted by Crippen LogP contribution is 2.24. The summed E-state index contributed by atoms with van der Waals surface area (Å²) in [5.74, 6) is -0.864. The maximum Gasteiger partial charge on any atom is 0.258 e. The quantitative estimate of drug-likeness (QED) is 0.903. The van der Waals surface area contributed by atoms with E-state index in [2.05, 4.69) is 26.2 Å². The minimum atomic E-state index is -0.606. The summed E-state index contributed by atoms with van der Waals surface area (Å²) < 4.78 is 19.7. The molecule has 0 fully saturated rings. The predicted octanol–water partition coefficient (Wildman–Crippen LogP) is 4.02. The zero-order valence-corrected chi connectivity index (χ0v) is 13.1. The molecule has 0 radical (unpaired) electrons. The number of nitrogens with one attached hydrogen (secondary N) is 1. The highest BCUT2D eigenvalue weighted by Gasteiger charge is 2.16. The molecule has 0 bridgehead atoms. The summed E-state index contributed by atoms with van der Waals surface area (Å²) in [6.07, 6.45) is 1.48. The first kappa shape index (κ1) is 15.4. The Morgan fingerprint density at radius 1 is 1.33 bits per heavy atom. The fraction of sp³-hybridized carbons (Fsp3) is 0.200. The van der Waals surface area contributed by atoms with Crippen LogP contribution in [0.4, 0.5) is 10.1 Å². The lowest BCUT2D eigenvalue weighted by atomic mass is 10.2. The molecule has 0 aliphatic rings. The number of carbonyl (C=O) groups excluding carboxylic acids is 1. The van der Waals surface area contributed by atoms with E-state index in [0.717, 1.165) is 0 Å². The Hall–Kier alpha value is -1.95. The number of benzene rings is 1. The molecule has 6 heteroatoms. The van der Waals surface area contributed by atoms with Crippen LogP contribution < -0.4 is 10.1 Å². The Balaban J connectivity index is 2.26. The largest absolute Gasteiger partial charge is 0.473 e. The number of amides is 1. The van der Waals surface area contributed by atoms with E-state index in [0.29, 0.717) is 11.6 Å². The van der Waals surface area contributed by atoms with Crippen molar-refractivity contribution >= 4 is 27.5 Å². The molecule has 0 spiro atoms. The molecule has 4 nitrogen and oxygen atoms in total. The number of anilines is 1. The summed E-state index contributed by atoms with van der Waals surface area (Å²) in [7, 11) is 0. The molecule has 110 valence electrons. The molecule has 0 saturated heterocycles. The summed E-state index contributed by atoms with van der Waals surface area (Å²) in [6.45, 7) is 3.71. The lowest BCUT2D eigenvalue weighted by Crippen LogP contribution is -2.16. The van der Waals surface area contributed by atoms with Crippen LogP contribution in [0.15, 0.2) is 41.0 Å². The molecule has 0 aliphatic heterocycles. The number of aromatic nitrogens is 1. The van der Waals surface area contributed by atoms with Crippen LogP contribution in [0.2, 0.25) is 0 Å². The van der Waals surface area contributed by atoms with Crippen molar-refractivity contribution in [1.82, 2.24) is 4.98 Å². The third kappa shape index (κ3) is 3.78. The number of hydrogen-bond donors (Lipinski definition) is 1. The molecular formula is C15H14BrFN2O2. The molecule has 1 aromatic carbocycles. The summed E-state index contributed by atoms with van der Waals surface area (Å²) >= 11 is 3.05. The van der Waals surface area contributed by atoms with Gasteiger partial charge in [-0.15, -0.1) is 0 Å². The van der Waals surface area contributed by atoms with Crippen LogP contribution in [0.3, 0.4) is 0 Å². The van der Waals surface area contributed by atoms with Gasteiger partial charge in [-0.05, 0) is 54.0 Å². The highest BCUT2D eigenvalue weighted by atomic mass is 79.9. The van der Waals surface area contributed by atoms with Crippen LogP contribution in [0.1, 0.15) is 24.2 Å². The summed E-state index contributed by atoms with van der Waals surface area (Å²) in [5, 5.41) is 2.61. The Morgan fingerprint density at radius 2 is 2.10 bits per heavy atom. The average Bonchev–Trinajstić information content (AvgIpc) is 2.43. The van der Waals surface area contributed by atoms with E-state index in [9.17, 15) is 9.18 Å². The molecule has 0 atom stereocenters. The Kier molecular flexibility index (Phi) is 4.90. The molecular weight excluding hydrogens is 339 g/mol.